The number of hydrogen-bond donors (Lipinski definition) is 2. The highest BCUT2D eigenvalue weighted by Gasteiger charge is 2.13. The number of methoxy groups -OCH3 is 1. The van der Waals surface area contributed by atoms with Gasteiger partial charge in [0.15, 0.2) is 0 Å². The Hall–Kier alpha value is -2.04. The van der Waals surface area contributed by atoms with Crippen LogP contribution in [0.1, 0.15) is 26.7 Å². The van der Waals surface area contributed by atoms with E-state index in [1.807, 2.05) is 36.4 Å². The molecule has 0 fully saturated rings. The van der Waals surface area contributed by atoms with Gasteiger partial charge in [0, 0.05) is 21.8 Å². The lowest BCUT2D eigenvalue weighted by Crippen LogP contribution is -2.20. The molecule has 5 heteroatoms. The summed E-state index contributed by atoms with van der Waals surface area (Å²) in [5.74, 6) is 0.829. The minimum Gasteiger partial charge on any atom is -0.497 e. The van der Waals surface area contributed by atoms with Gasteiger partial charge in [-0.05, 0) is 69.3 Å². The zero-order valence-corrected chi connectivity index (χ0v) is 16.4. The molecule has 2 aromatic carbocycles. The Morgan fingerprint density at radius 3 is 2.73 bits per heavy atom. The quantitative estimate of drug-likeness (QED) is 0.420. The third-order valence-corrected chi connectivity index (χ3v) is 4.81. The topological polar surface area (TPSA) is 46.2 Å². The van der Waals surface area contributed by atoms with E-state index in [0.29, 0.717) is 11.1 Å². The third-order valence-electron chi connectivity index (χ3n) is 4.57. The summed E-state index contributed by atoms with van der Waals surface area (Å²) < 4.78 is 5.42. The van der Waals surface area contributed by atoms with Crippen molar-refractivity contribution < 1.29 is 4.74 Å². The molecule has 0 aliphatic carbocycles. The van der Waals surface area contributed by atoms with Gasteiger partial charge < -0.3 is 15.4 Å². The summed E-state index contributed by atoms with van der Waals surface area (Å²) in [6.45, 7) is 6.42. The predicted molar refractivity (Wildman–Crippen MR) is 112 cm³/mol. The number of nitrogens with zero attached hydrogens (tertiary/aromatic N) is 1. The zero-order chi connectivity index (χ0) is 18.5. The van der Waals surface area contributed by atoms with Crippen LogP contribution in [0, 0.1) is 0 Å². The minimum absolute atomic E-state index is 0.351. The number of halogens is 1. The van der Waals surface area contributed by atoms with E-state index in [9.17, 15) is 0 Å². The van der Waals surface area contributed by atoms with Crippen LogP contribution < -0.4 is 15.4 Å². The normalized spacial score (nSPS) is 12.5. The number of aromatic nitrogens is 1. The Bertz CT molecular complexity index is 897. The lowest BCUT2D eigenvalue weighted by molar-refractivity contribution is 0.415. The van der Waals surface area contributed by atoms with E-state index in [-0.39, 0.29) is 0 Å². The summed E-state index contributed by atoms with van der Waals surface area (Å²) in [7, 11) is 1.69. The molecule has 138 valence electrons. The molecule has 0 saturated heterocycles. The third kappa shape index (κ3) is 4.19. The Kier molecular flexibility index (Phi) is 6.17. The molecule has 4 nitrogen and oxygen atoms in total. The van der Waals surface area contributed by atoms with Gasteiger partial charge in [0.2, 0.25) is 0 Å². The first-order valence-electron chi connectivity index (χ1n) is 9.16. The summed E-state index contributed by atoms with van der Waals surface area (Å²) in [5.41, 5.74) is 2.93. The summed E-state index contributed by atoms with van der Waals surface area (Å²) >= 11 is 6.19. The summed E-state index contributed by atoms with van der Waals surface area (Å²) in [5, 5.41) is 9.93. The fraction of sp³-hybridized carbons (Fsp3) is 0.381. The van der Waals surface area contributed by atoms with Crippen LogP contribution >= 0.6 is 11.6 Å². The van der Waals surface area contributed by atoms with Gasteiger partial charge in [-0.15, -0.1) is 0 Å². The number of fused-ring (bicyclic) bond motifs is 2. The van der Waals surface area contributed by atoms with Crippen molar-refractivity contribution in [1.82, 2.24) is 10.3 Å². The van der Waals surface area contributed by atoms with Crippen LogP contribution in [0.2, 0.25) is 5.02 Å². The number of anilines is 1. The predicted octanol–water partition coefficient (Wildman–Crippen LogP) is 5.24. The summed E-state index contributed by atoms with van der Waals surface area (Å²) in [6.07, 6.45) is 2.23. The fourth-order valence-electron chi connectivity index (χ4n) is 3.21. The first-order valence-corrected chi connectivity index (χ1v) is 9.54. The molecule has 3 aromatic rings. The van der Waals surface area contributed by atoms with Crippen LogP contribution in [0.3, 0.4) is 0 Å². The Morgan fingerprint density at radius 1 is 1.12 bits per heavy atom. The van der Waals surface area contributed by atoms with E-state index >= 15 is 0 Å². The van der Waals surface area contributed by atoms with Crippen molar-refractivity contribution in [3.63, 3.8) is 0 Å². The highest BCUT2D eigenvalue weighted by Crippen LogP contribution is 2.34. The monoisotopic (exact) mass is 371 g/mol. The first-order chi connectivity index (χ1) is 12.6. The summed E-state index contributed by atoms with van der Waals surface area (Å²) in [4.78, 5) is 4.78. The molecule has 0 saturated carbocycles. The molecule has 3 rings (SSSR count). The SMILES string of the molecule is CCNCCC[C@H](C)Nc1c2ccc(Cl)cc2nc2ccc(OC)cc12. The molecular weight excluding hydrogens is 346 g/mol. The van der Waals surface area contributed by atoms with Crippen LogP contribution in [0.15, 0.2) is 36.4 Å². The van der Waals surface area contributed by atoms with Crippen molar-refractivity contribution in [3.05, 3.63) is 41.4 Å². The maximum atomic E-state index is 6.19. The van der Waals surface area contributed by atoms with Gasteiger partial charge in [-0.25, -0.2) is 4.98 Å². The average molecular weight is 372 g/mol. The van der Waals surface area contributed by atoms with Crippen molar-refractivity contribution in [1.29, 1.82) is 0 Å². The Balaban J connectivity index is 2.00. The molecule has 0 amide bonds. The second-order valence-electron chi connectivity index (χ2n) is 6.57. The number of nitrogens with one attached hydrogen (secondary N) is 2. The number of benzene rings is 2. The molecule has 0 radical (unpaired) electrons. The molecule has 0 aliphatic heterocycles. The van der Waals surface area contributed by atoms with Gasteiger partial charge in [0.1, 0.15) is 5.75 Å². The molecule has 1 aromatic heterocycles. The lowest BCUT2D eigenvalue weighted by Gasteiger charge is -2.19. The van der Waals surface area contributed by atoms with Gasteiger partial charge in [0.25, 0.3) is 0 Å². The molecule has 0 spiro atoms. The maximum absolute atomic E-state index is 6.19. The van der Waals surface area contributed by atoms with Crippen molar-refractivity contribution in [2.24, 2.45) is 0 Å². The van der Waals surface area contributed by atoms with Crippen LogP contribution in [0.4, 0.5) is 5.69 Å². The number of ether oxygens (including phenoxy) is 1. The van der Waals surface area contributed by atoms with E-state index in [0.717, 1.165) is 59.2 Å². The van der Waals surface area contributed by atoms with Crippen LogP contribution in [-0.2, 0) is 0 Å². The van der Waals surface area contributed by atoms with Crippen molar-refractivity contribution in [2.45, 2.75) is 32.7 Å². The first kappa shape index (κ1) is 18.7. The Morgan fingerprint density at radius 2 is 1.96 bits per heavy atom. The van der Waals surface area contributed by atoms with Gasteiger partial charge in [0.05, 0.1) is 23.8 Å². The number of pyridine rings is 1. The van der Waals surface area contributed by atoms with Crippen molar-refractivity contribution in [3.8, 4) is 5.75 Å². The van der Waals surface area contributed by atoms with E-state index in [4.69, 9.17) is 21.3 Å². The average Bonchev–Trinajstić information content (AvgIpc) is 2.64. The standard InChI is InChI=1S/C21H26ClN3O/c1-4-23-11-5-6-14(2)24-21-17-9-7-15(22)12-20(17)25-19-10-8-16(26-3)13-18(19)21/h7-10,12-14,23H,4-6,11H2,1-3H3,(H,24,25)/t14-/m0/s1. The zero-order valence-electron chi connectivity index (χ0n) is 15.6. The molecule has 0 unspecified atom stereocenters. The largest absolute Gasteiger partial charge is 0.497 e. The molecule has 1 atom stereocenters. The highest BCUT2D eigenvalue weighted by atomic mass is 35.5. The van der Waals surface area contributed by atoms with Gasteiger partial charge in [-0.2, -0.15) is 0 Å². The molecule has 1 heterocycles. The van der Waals surface area contributed by atoms with E-state index in [2.05, 4.69) is 24.5 Å². The smallest absolute Gasteiger partial charge is 0.119 e. The number of hydrogen-bond acceptors (Lipinski definition) is 4. The van der Waals surface area contributed by atoms with Gasteiger partial charge in [-0.3, -0.25) is 0 Å². The molecular formula is C21H26ClN3O. The molecule has 26 heavy (non-hydrogen) atoms. The lowest BCUT2D eigenvalue weighted by atomic mass is 10.1. The van der Waals surface area contributed by atoms with Crippen LogP contribution in [-0.4, -0.2) is 31.2 Å². The maximum Gasteiger partial charge on any atom is 0.119 e. The fourth-order valence-corrected chi connectivity index (χ4v) is 3.37. The minimum atomic E-state index is 0.351. The van der Waals surface area contributed by atoms with Gasteiger partial charge >= 0.3 is 0 Å². The second-order valence-corrected chi connectivity index (χ2v) is 7.01. The van der Waals surface area contributed by atoms with Gasteiger partial charge in [-0.1, -0.05) is 18.5 Å². The highest BCUT2D eigenvalue weighted by molar-refractivity contribution is 6.31. The van der Waals surface area contributed by atoms with Crippen LogP contribution in [0.25, 0.3) is 21.8 Å². The van der Waals surface area contributed by atoms with E-state index in [1.165, 1.54) is 0 Å². The molecule has 2 N–H and O–H groups in total. The van der Waals surface area contributed by atoms with Crippen molar-refractivity contribution in [2.75, 3.05) is 25.5 Å². The molecule has 0 bridgehead atoms. The van der Waals surface area contributed by atoms with Crippen molar-refractivity contribution >= 4 is 39.1 Å². The van der Waals surface area contributed by atoms with E-state index < -0.39 is 0 Å². The number of rotatable bonds is 8. The van der Waals surface area contributed by atoms with E-state index in [1.54, 1.807) is 7.11 Å². The molecule has 0 aliphatic rings. The van der Waals surface area contributed by atoms with Crippen LogP contribution in [0.5, 0.6) is 5.75 Å². The second kappa shape index (κ2) is 8.56. The summed E-state index contributed by atoms with van der Waals surface area (Å²) in [6, 6.07) is 12.2. The Labute approximate surface area is 159 Å².